The van der Waals surface area contributed by atoms with Crippen molar-refractivity contribution in [2.45, 2.75) is 26.4 Å². The number of ether oxygens (including phenoxy) is 2. The predicted molar refractivity (Wildman–Crippen MR) is 214 cm³/mol. The maximum absolute atomic E-state index is 5.41. The standard InChI is InChI=1S/C44H43N7O2/c1-6-33-25-40(51(28-31-17-21-36(52-4)22-18-31)29-32-19-23-37(53-5)24-20-32)45-27-39(33)50(3)41-26-38-43(46-30-49(38)2)44(47-41)48-42(34-13-9-7-10-14-34)35-15-11-8-12-16-35/h7-27,30H,6,28-29H2,1-5H3. The van der Waals surface area contributed by atoms with E-state index >= 15 is 0 Å². The van der Waals surface area contributed by atoms with Crippen LogP contribution in [-0.4, -0.2) is 46.5 Å². The first-order chi connectivity index (χ1) is 25.9. The SMILES string of the molecule is CCc1cc(N(Cc2ccc(OC)cc2)Cc2ccc(OC)cc2)ncc1N(C)c1cc2c(ncn2C)c(N=C(c2ccccc2)c2ccccc2)n1. The van der Waals surface area contributed by atoms with Crippen LogP contribution in [0, 0.1) is 0 Å². The predicted octanol–water partition coefficient (Wildman–Crippen LogP) is 9.09. The van der Waals surface area contributed by atoms with E-state index in [2.05, 4.69) is 77.4 Å². The molecule has 7 rings (SSSR count). The minimum Gasteiger partial charge on any atom is -0.497 e. The van der Waals surface area contributed by atoms with E-state index in [-0.39, 0.29) is 0 Å². The van der Waals surface area contributed by atoms with Crippen molar-refractivity contribution in [3.8, 4) is 11.5 Å². The fourth-order valence-electron chi connectivity index (χ4n) is 6.42. The molecule has 3 heterocycles. The van der Waals surface area contributed by atoms with Crippen molar-refractivity contribution >= 4 is 39.9 Å². The Kier molecular flexibility index (Phi) is 10.4. The molecule has 0 bridgehead atoms. The smallest absolute Gasteiger partial charge is 0.183 e. The lowest BCUT2D eigenvalue weighted by Crippen LogP contribution is -2.24. The molecule has 266 valence electrons. The first kappa shape index (κ1) is 34.9. The molecule has 4 aromatic carbocycles. The summed E-state index contributed by atoms with van der Waals surface area (Å²) in [4.78, 5) is 24.6. The molecule has 0 amide bonds. The maximum Gasteiger partial charge on any atom is 0.183 e. The number of methoxy groups -OCH3 is 2. The van der Waals surface area contributed by atoms with Crippen molar-refractivity contribution in [3.05, 3.63) is 162 Å². The van der Waals surface area contributed by atoms with Crippen molar-refractivity contribution in [1.82, 2.24) is 19.5 Å². The number of imidazole rings is 1. The van der Waals surface area contributed by atoms with Crippen LogP contribution in [0.1, 0.15) is 34.7 Å². The molecular formula is C44H43N7O2. The number of aryl methyl sites for hydroxylation is 2. The third-order valence-electron chi connectivity index (χ3n) is 9.42. The summed E-state index contributed by atoms with van der Waals surface area (Å²) in [7, 11) is 7.40. The number of hydrogen-bond donors (Lipinski definition) is 0. The molecule has 0 fully saturated rings. The quantitative estimate of drug-likeness (QED) is 0.111. The van der Waals surface area contributed by atoms with E-state index in [9.17, 15) is 0 Å². The highest BCUT2D eigenvalue weighted by molar-refractivity contribution is 6.14. The number of aromatic nitrogens is 4. The molecule has 0 atom stereocenters. The van der Waals surface area contributed by atoms with Gasteiger partial charge in [-0.3, -0.25) is 0 Å². The monoisotopic (exact) mass is 701 g/mol. The van der Waals surface area contributed by atoms with Gasteiger partial charge in [0.25, 0.3) is 0 Å². The van der Waals surface area contributed by atoms with Gasteiger partial charge in [0.05, 0.1) is 43.7 Å². The van der Waals surface area contributed by atoms with Crippen LogP contribution in [0.25, 0.3) is 11.0 Å². The molecule has 0 spiro atoms. The second kappa shape index (κ2) is 15.8. The van der Waals surface area contributed by atoms with E-state index in [1.807, 2.05) is 91.9 Å². The summed E-state index contributed by atoms with van der Waals surface area (Å²) in [5.74, 6) is 3.86. The van der Waals surface area contributed by atoms with E-state index < -0.39 is 0 Å². The van der Waals surface area contributed by atoms with Gasteiger partial charge < -0.3 is 23.8 Å². The summed E-state index contributed by atoms with van der Waals surface area (Å²) < 4.78 is 12.8. The molecular weight excluding hydrogens is 659 g/mol. The second-order valence-corrected chi connectivity index (χ2v) is 12.9. The Hall–Kier alpha value is -6.48. The van der Waals surface area contributed by atoms with Crippen LogP contribution in [0.4, 0.5) is 23.1 Å². The summed E-state index contributed by atoms with van der Waals surface area (Å²) in [6.07, 6.45) is 4.58. The number of hydrogen-bond acceptors (Lipinski definition) is 8. The number of aliphatic imine (C=N–C) groups is 1. The van der Waals surface area contributed by atoms with Crippen LogP contribution >= 0.6 is 0 Å². The fraction of sp³-hybridized carbons (Fsp3) is 0.182. The molecule has 0 aliphatic heterocycles. The molecule has 0 unspecified atom stereocenters. The molecule has 0 N–H and O–H groups in total. The molecule has 0 saturated heterocycles. The lowest BCUT2D eigenvalue weighted by molar-refractivity contribution is 0.414. The van der Waals surface area contributed by atoms with Crippen molar-refractivity contribution in [3.63, 3.8) is 0 Å². The normalized spacial score (nSPS) is 11.0. The Morgan fingerprint density at radius 2 is 1.28 bits per heavy atom. The molecule has 0 saturated carbocycles. The zero-order valence-corrected chi connectivity index (χ0v) is 30.8. The van der Waals surface area contributed by atoms with Crippen LogP contribution in [0.15, 0.2) is 139 Å². The summed E-state index contributed by atoms with van der Waals surface area (Å²) in [6, 6.07) is 41.1. The highest BCUT2D eigenvalue weighted by atomic mass is 16.5. The van der Waals surface area contributed by atoms with E-state index in [4.69, 9.17) is 29.4 Å². The van der Waals surface area contributed by atoms with Crippen molar-refractivity contribution in [2.75, 3.05) is 31.1 Å². The molecule has 7 aromatic rings. The minimum atomic E-state index is 0.556. The second-order valence-electron chi connectivity index (χ2n) is 12.9. The first-order valence-corrected chi connectivity index (χ1v) is 17.7. The van der Waals surface area contributed by atoms with Crippen molar-refractivity contribution in [1.29, 1.82) is 0 Å². The Morgan fingerprint density at radius 1 is 0.717 bits per heavy atom. The molecule has 53 heavy (non-hydrogen) atoms. The fourth-order valence-corrected chi connectivity index (χ4v) is 6.42. The van der Waals surface area contributed by atoms with Crippen LogP contribution in [0.5, 0.6) is 11.5 Å². The Labute approximate surface area is 310 Å². The van der Waals surface area contributed by atoms with Crippen molar-refractivity contribution in [2.24, 2.45) is 12.0 Å². The van der Waals surface area contributed by atoms with Gasteiger partial charge >= 0.3 is 0 Å². The van der Waals surface area contributed by atoms with E-state index in [0.29, 0.717) is 18.9 Å². The minimum absolute atomic E-state index is 0.556. The topological polar surface area (TPSA) is 80.9 Å². The summed E-state index contributed by atoms with van der Waals surface area (Å²) in [5, 5.41) is 0. The molecule has 9 heteroatoms. The summed E-state index contributed by atoms with van der Waals surface area (Å²) in [6.45, 7) is 3.52. The lowest BCUT2D eigenvalue weighted by Gasteiger charge is -2.27. The van der Waals surface area contributed by atoms with Gasteiger partial charge in [-0.15, -0.1) is 0 Å². The lowest BCUT2D eigenvalue weighted by atomic mass is 10.0. The van der Waals surface area contributed by atoms with E-state index in [0.717, 1.165) is 79.8 Å². The first-order valence-electron chi connectivity index (χ1n) is 17.7. The van der Waals surface area contributed by atoms with Crippen LogP contribution < -0.4 is 19.3 Å². The molecule has 9 nitrogen and oxygen atoms in total. The number of benzene rings is 4. The third-order valence-corrected chi connectivity index (χ3v) is 9.42. The largest absolute Gasteiger partial charge is 0.497 e. The Bertz CT molecular complexity index is 2230. The van der Waals surface area contributed by atoms with Gasteiger partial charge in [0.1, 0.15) is 28.7 Å². The molecule has 0 radical (unpaired) electrons. The van der Waals surface area contributed by atoms with Crippen LogP contribution in [0.3, 0.4) is 0 Å². The number of pyridine rings is 2. The Balaban J connectivity index is 1.27. The van der Waals surface area contributed by atoms with Gasteiger partial charge in [-0.05, 0) is 53.4 Å². The molecule has 3 aromatic heterocycles. The number of nitrogens with zero attached hydrogens (tertiary/aromatic N) is 7. The number of anilines is 3. The van der Waals surface area contributed by atoms with Gasteiger partial charge in [0, 0.05) is 44.4 Å². The average molecular weight is 702 g/mol. The highest BCUT2D eigenvalue weighted by Gasteiger charge is 2.19. The van der Waals surface area contributed by atoms with Gasteiger partial charge in [0.2, 0.25) is 0 Å². The number of fused-ring (bicyclic) bond motifs is 1. The van der Waals surface area contributed by atoms with E-state index in [1.54, 1.807) is 14.2 Å². The maximum atomic E-state index is 5.41. The molecule has 0 aliphatic carbocycles. The zero-order chi connectivity index (χ0) is 36.7. The Morgan fingerprint density at radius 3 is 1.81 bits per heavy atom. The van der Waals surface area contributed by atoms with E-state index in [1.165, 1.54) is 0 Å². The van der Waals surface area contributed by atoms with Crippen LogP contribution in [0.2, 0.25) is 0 Å². The van der Waals surface area contributed by atoms with Crippen LogP contribution in [-0.2, 0) is 26.6 Å². The highest BCUT2D eigenvalue weighted by Crippen LogP contribution is 2.34. The summed E-state index contributed by atoms with van der Waals surface area (Å²) >= 11 is 0. The summed E-state index contributed by atoms with van der Waals surface area (Å²) in [5.41, 5.74) is 8.97. The average Bonchev–Trinajstić information content (AvgIpc) is 3.60. The number of rotatable bonds is 13. The van der Waals surface area contributed by atoms with Gasteiger partial charge in [-0.25, -0.2) is 19.9 Å². The van der Waals surface area contributed by atoms with Gasteiger partial charge in [0.15, 0.2) is 5.82 Å². The zero-order valence-electron chi connectivity index (χ0n) is 30.8. The van der Waals surface area contributed by atoms with Gasteiger partial charge in [-0.2, -0.15) is 0 Å². The molecule has 0 aliphatic rings. The van der Waals surface area contributed by atoms with Crippen molar-refractivity contribution < 1.29 is 9.47 Å². The van der Waals surface area contributed by atoms with Gasteiger partial charge in [-0.1, -0.05) is 91.9 Å². The third kappa shape index (κ3) is 7.74.